The molecule has 0 aromatic rings. The summed E-state index contributed by atoms with van der Waals surface area (Å²) in [7, 11) is 0. The molecule has 0 saturated carbocycles. The van der Waals surface area contributed by atoms with Crippen LogP contribution < -0.4 is 27.4 Å². The van der Waals surface area contributed by atoms with Gasteiger partial charge in [-0.15, -0.1) is 0 Å². The van der Waals surface area contributed by atoms with Gasteiger partial charge in [-0.3, -0.25) is 19.2 Å². The number of aliphatic hydroxyl groups excluding tert-OH is 1. The number of carboxylic acids is 1. The predicted molar refractivity (Wildman–Crippen MR) is 115 cm³/mol. The van der Waals surface area contributed by atoms with Crippen LogP contribution in [0.2, 0.25) is 0 Å². The van der Waals surface area contributed by atoms with E-state index in [4.69, 9.17) is 16.6 Å². The summed E-state index contributed by atoms with van der Waals surface area (Å²) in [5.41, 5.74) is 10.8. The molecule has 0 aromatic heterocycles. The number of carboxylic acid groups (broad SMARTS) is 1. The van der Waals surface area contributed by atoms with Gasteiger partial charge < -0.3 is 37.6 Å². The van der Waals surface area contributed by atoms with Gasteiger partial charge in [0.1, 0.15) is 18.1 Å². The van der Waals surface area contributed by atoms with Gasteiger partial charge in [0.2, 0.25) is 23.6 Å². The molecule has 0 rings (SSSR count). The number of primary amides is 1. The largest absolute Gasteiger partial charge is 0.480 e. The number of nitrogens with two attached hydrogens (primary N) is 2. The minimum absolute atomic E-state index is 0.171. The molecule has 12 nitrogen and oxygen atoms in total. The molecule has 0 aliphatic heterocycles. The van der Waals surface area contributed by atoms with Crippen LogP contribution in [-0.4, -0.2) is 82.6 Å². The first-order chi connectivity index (χ1) is 14.4. The lowest BCUT2D eigenvalue weighted by Crippen LogP contribution is -2.58. The van der Waals surface area contributed by atoms with Crippen molar-refractivity contribution in [1.29, 1.82) is 0 Å². The van der Waals surface area contributed by atoms with E-state index in [1.165, 1.54) is 11.8 Å². The van der Waals surface area contributed by atoms with Crippen LogP contribution in [0.15, 0.2) is 0 Å². The van der Waals surface area contributed by atoms with Crippen molar-refractivity contribution in [2.45, 2.75) is 57.3 Å². The molecule has 4 unspecified atom stereocenters. The standard InChI is InChI=1S/C18H33N5O7S/c1-9(2)6-10(19)15(26)21-11(4-5-31-3)16(27)23-13(8-24)17(28)22-12(18(29)30)7-14(20)25/h9-13,24H,4-8,19H2,1-3H3,(H2,20,25)(H,21,26)(H,22,28)(H,23,27)(H,29,30). The highest BCUT2D eigenvalue weighted by Crippen LogP contribution is 2.06. The molecule has 178 valence electrons. The van der Waals surface area contributed by atoms with E-state index in [0.29, 0.717) is 12.2 Å². The van der Waals surface area contributed by atoms with Gasteiger partial charge in [-0.25, -0.2) is 4.79 Å². The van der Waals surface area contributed by atoms with E-state index in [2.05, 4.69) is 10.6 Å². The van der Waals surface area contributed by atoms with Gasteiger partial charge in [-0.2, -0.15) is 11.8 Å². The quantitative estimate of drug-likeness (QED) is 0.137. The maximum atomic E-state index is 12.6. The van der Waals surface area contributed by atoms with Gasteiger partial charge in [0.05, 0.1) is 19.1 Å². The minimum Gasteiger partial charge on any atom is -0.480 e. The highest BCUT2D eigenvalue weighted by molar-refractivity contribution is 7.98. The van der Waals surface area contributed by atoms with Crippen LogP contribution in [0.4, 0.5) is 0 Å². The Morgan fingerprint density at radius 3 is 1.90 bits per heavy atom. The minimum atomic E-state index is -1.61. The third kappa shape index (κ3) is 11.5. The summed E-state index contributed by atoms with van der Waals surface area (Å²) in [6.45, 7) is 2.97. The molecule has 0 aliphatic rings. The fourth-order valence-corrected chi connectivity index (χ4v) is 3.01. The average molecular weight is 464 g/mol. The maximum absolute atomic E-state index is 12.6. The van der Waals surface area contributed by atoms with Crippen LogP contribution in [0.1, 0.15) is 33.1 Å². The van der Waals surface area contributed by atoms with E-state index in [1.54, 1.807) is 0 Å². The lowest BCUT2D eigenvalue weighted by molar-refractivity contribution is -0.144. The van der Waals surface area contributed by atoms with Gasteiger partial charge in [0, 0.05) is 0 Å². The molecule has 13 heteroatoms. The Balaban J connectivity index is 5.20. The Labute approximate surface area is 185 Å². The van der Waals surface area contributed by atoms with Crippen molar-refractivity contribution in [2.24, 2.45) is 17.4 Å². The van der Waals surface area contributed by atoms with Crippen molar-refractivity contribution >= 4 is 41.4 Å². The summed E-state index contributed by atoms with van der Waals surface area (Å²) in [6.07, 6.45) is 1.82. The first kappa shape index (κ1) is 28.6. The lowest BCUT2D eigenvalue weighted by Gasteiger charge is -2.24. The summed E-state index contributed by atoms with van der Waals surface area (Å²) >= 11 is 1.44. The highest BCUT2D eigenvalue weighted by Gasteiger charge is 2.30. The topological polar surface area (TPSA) is 214 Å². The van der Waals surface area contributed by atoms with Crippen LogP contribution in [0.3, 0.4) is 0 Å². The number of hydrogen-bond acceptors (Lipinski definition) is 8. The van der Waals surface area contributed by atoms with E-state index >= 15 is 0 Å². The first-order valence-electron chi connectivity index (χ1n) is 9.70. The van der Waals surface area contributed by atoms with Gasteiger partial charge in [0.15, 0.2) is 0 Å². The third-order valence-electron chi connectivity index (χ3n) is 4.14. The summed E-state index contributed by atoms with van der Waals surface area (Å²) < 4.78 is 0. The van der Waals surface area contributed by atoms with E-state index in [0.717, 1.165) is 0 Å². The molecule has 9 N–H and O–H groups in total. The molecule has 31 heavy (non-hydrogen) atoms. The van der Waals surface area contributed by atoms with Crippen molar-refractivity contribution in [1.82, 2.24) is 16.0 Å². The van der Waals surface area contributed by atoms with E-state index < -0.39 is 66.8 Å². The Hall–Kier alpha value is -2.38. The average Bonchev–Trinajstić information content (AvgIpc) is 2.67. The highest BCUT2D eigenvalue weighted by atomic mass is 32.2. The van der Waals surface area contributed by atoms with Crippen molar-refractivity contribution in [2.75, 3.05) is 18.6 Å². The normalized spacial score (nSPS) is 14.8. The fourth-order valence-electron chi connectivity index (χ4n) is 2.54. The van der Waals surface area contributed by atoms with Crippen molar-refractivity contribution < 1.29 is 34.2 Å². The Morgan fingerprint density at radius 2 is 1.45 bits per heavy atom. The molecule has 0 aliphatic carbocycles. The Morgan fingerprint density at radius 1 is 0.935 bits per heavy atom. The number of carbonyl (C=O) groups is 5. The Bertz CT molecular complexity index is 647. The van der Waals surface area contributed by atoms with Crippen LogP contribution in [0.25, 0.3) is 0 Å². The second-order valence-electron chi connectivity index (χ2n) is 7.39. The zero-order valence-electron chi connectivity index (χ0n) is 17.9. The number of nitrogens with one attached hydrogen (secondary N) is 3. The van der Waals surface area contributed by atoms with Gasteiger partial charge in [-0.05, 0) is 30.8 Å². The van der Waals surface area contributed by atoms with Crippen molar-refractivity contribution in [3.63, 3.8) is 0 Å². The number of amides is 4. The van der Waals surface area contributed by atoms with Crippen LogP contribution >= 0.6 is 11.8 Å². The van der Waals surface area contributed by atoms with Gasteiger partial charge >= 0.3 is 5.97 Å². The molecular formula is C18H33N5O7S. The van der Waals surface area contributed by atoms with E-state index in [9.17, 15) is 29.1 Å². The van der Waals surface area contributed by atoms with E-state index in [1.807, 2.05) is 25.4 Å². The van der Waals surface area contributed by atoms with E-state index in [-0.39, 0.29) is 12.3 Å². The molecule has 0 heterocycles. The van der Waals surface area contributed by atoms with Crippen molar-refractivity contribution in [3.8, 4) is 0 Å². The summed E-state index contributed by atoms with van der Waals surface area (Å²) in [5.74, 6) is -4.04. The zero-order chi connectivity index (χ0) is 24.1. The number of aliphatic carboxylic acids is 1. The summed E-state index contributed by atoms with van der Waals surface area (Å²) in [4.78, 5) is 59.4. The van der Waals surface area contributed by atoms with Gasteiger partial charge in [0.25, 0.3) is 0 Å². The number of thioether (sulfide) groups is 1. The SMILES string of the molecule is CSCCC(NC(=O)C(N)CC(C)C)C(=O)NC(CO)C(=O)NC(CC(N)=O)C(=O)O. The van der Waals surface area contributed by atoms with Gasteiger partial charge in [-0.1, -0.05) is 13.8 Å². The molecule has 0 bridgehead atoms. The fraction of sp³-hybridized carbons (Fsp3) is 0.722. The third-order valence-corrected chi connectivity index (χ3v) is 4.79. The second kappa shape index (κ2) is 14.6. The molecule has 4 atom stereocenters. The monoisotopic (exact) mass is 463 g/mol. The van der Waals surface area contributed by atoms with Crippen molar-refractivity contribution in [3.05, 3.63) is 0 Å². The predicted octanol–water partition coefficient (Wildman–Crippen LogP) is -2.48. The number of rotatable bonds is 15. The molecule has 0 fully saturated rings. The number of hydrogen-bond donors (Lipinski definition) is 7. The molecule has 0 saturated heterocycles. The number of aliphatic hydroxyl groups is 1. The second-order valence-corrected chi connectivity index (χ2v) is 8.38. The van der Waals surface area contributed by atoms with Crippen LogP contribution in [0, 0.1) is 5.92 Å². The molecule has 0 radical (unpaired) electrons. The lowest BCUT2D eigenvalue weighted by atomic mass is 10.0. The molecule has 0 aromatic carbocycles. The first-order valence-corrected chi connectivity index (χ1v) is 11.1. The van der Waals surface area contributed by atoms with Crippen LogP contribution in [0.5, 0.6) is 0 Å². The van der Waals surface area contributed by atoms with Crippen LogP contribution in [-0.2, 0) is 24.0 Å². The number of carbonyl (C=O) groups excluding carboxylic acids is 4. The molecule has 0 spiro atoms. The Kier molecular flexibility index (Phi) is 13.5. The maximum Gasteiger partial charge on any atom is 0.326 e. The summed E-state index contributed by atoms with van der Waals surface area (Å²) in [5, 5.41) is 25.4. The zero-order valence-corrected chi connectivity index (χ0v) is 18.7. The molecular weight excluding hydrogens is 430 g/mol. The smallest absolute Gasteiger partial charge is 0.326 e. The summed E-state index contributed by atoms with van der Waals surface area (Å²) in [6, 6.07) is -4.94. The molecule has 4 amide bonds.